The summed E-state index contributed by atoms with van der Waals surface area (Å²) in [5.74, 6) is 0.668. The Labute approximate surface area is 124 Å². The van der Waals surface area contributed by atoms with Crippen LogP contribution in [-0.2, 0) is 10.2 Å². The zero-order valence-electron chi connectivity index (χ0n) is 12.6. The summed E-state index contributed by atoms with van der Waals surface area (Å²) in [6.45, 7) is 10.4. The molecule has 0 aliphatic carbocycles. The number of benzene rings is 1. The molecule has 1 aromatic rings. The predicted octanol–water partition coefficient (Wildman–Crippen LogP) is 3.64. The molecule has 0 amide bonds. The predicted molar refractivity (Wildman–Crippen MR) is 82.7 cm³/mol. The first-order valence-corrected chi connectivity index (χ1v) is 6.87. The molecule has 0 fully saturated rings. The highest BCUT2D eigenvalue weighted by Crippen LogP contribution is 2.35. The average Bonchev–Trinajstić information content (AvgIpc) is 2.80. The fraction of sp³-hybridized carbons (Fsp3) is 0.438. The maximum absolute atomic E-state index is 10.8. The molecule has 1 aliphatic heterocycles. The molecule has 0 saturated carbocycles. The lowest BCUT2D eigenvalue weighted by molar-refractivity contribution is -0.384. The highest BCUT2D eigenvalue weighted by molar-refractivity contribution is 5.89. The number of aliphatic imine (C=N–C) groups is 1. The van der Waals surface area contributed by atoms with Gasteiger partial charge in [0.1, 0.15) is 6.61 Å². The van der Waals surface area contributed by atoms with Crippen LogP contribution in [0.5, 0.6) is 0 Å². The Hall–Kier alpha value is -2.17. The van der Waals surface area contributed by atoms with Crippen molar-refractivity contribution in [3.8, 4) is 0 Å². The molecular formula is C16H20N2O3. The quantitative estimate of drug-likeness (QED) is 0.472. The third-order valence-corrected chi connectivity index (χ3v) is 3.71. The molecule has 1 unspecified atom stereocenters. The van der Waals surface area contributed by atoms with Crippen LogP contribution in [-0.4, -0.2) is 23.0 Å². The van der Waals surface area contributed by atoms with E-state index in [2.05, 4.69) is 11.6 Å². The zero-order valence-corrected chi connectivity index (χ0v) is 12.6. The summed E-state index contributed by atoms with van der Waals surface area (Å²) in [5.41, 5.74) is 0.321. The van der Waals surface area contributed by atoms with Crippen LogP contribution in [0.3, 0.4) is 0 Å². The highest BCUT2D eigenvalue weighted by atomic mass is 16.6. The van der Waals surface area contributed by atoms with Crippen LogP contribution in [0.2, 0.25) is 0 Å². The third kappa shape index (κ3) is 2.96. The van der Waals surface area contributed by atoms with Gasteiger partial charge in [-0.3, -0.25) is 10.1 Å². The molecule has 0 bridgehead atoms. The zero-order chi connectivity index (χ0) is 15.7. The van der Waals surface area contributed by atoms with Crippen molar-refractivity contribution >= 4 is 11.6 Å². The summed E-state index contributed by atoms with van der Waals surface area (Å²) in [5, 5.41) is 10.8. The van der Waals surface area contributed by atoms with E-state index in [0.717, 1.165) is 5.56 Å². The Kier molecular flexibility index (Phi) is 3.85. The van der Waals surface area contributed by atoms with E-state index in [4.69, 9.17) is 4.74 Å². The van der Waals surface area contributed by atoms with Gasteiger partial charge in [0, 0.05) is 12.1 Å². The van der Waals surface area contributed by atoms with Gasteiger partial charge in [-0.05, 0) is 32.8 Å². The molecule has 0 aromatic heterocycles. The number of ether oxygens (including phenoxy) is 1. The van der Waals surface area contributed by atoms with Crippen molar-refractivity contribution in [3.05, 3.63) is 52.6 Å². The lowest BCUT2D eigenvalue weighted by atomic mass is 9.79. The van der Waals surface area contributed by atoms with Crippen LogP contribution in [0.25, 0.3) is 0 Å². The van der Waals surface area contributed by atoms with Crippen LogP contribution >= 0.6 is 0 Å². The standard InChI is InChI=1S/C16H20N2O3/c1-5-10-16(4,14-17-15(2,3)11-21-14)12-6-8-13(9-7-12)18(19)20/h5-9H,1,10-11H2,2-4H3. The molecule has 1 aliphatic rings. The lowest BCUT2D eigenvalue weighted by Crippen LogP contribution is -2.32. The molecule has 21 heavy (non-hydrogen) atoms. The Balaban J connectivity index is 2.42. The van der Waals surface area contributed by atoms with Gasteiger partial charge in [-0.2, -0.15) is 0 Å². The normalized spacial score (nSPS) is 19.3. The molecule has 1 aromatic carbocycles. The first-order chi connectivity index (χ1) is 9.78. The minimum atomic E-state index is -0.454. The van der Waals surface area contributed by atoms with E-state index in [1.54, 1.807) is 12.1 Å². The molecule has 0 N–H and O–H groups in total. The molecule has 0 saturated heterocycles. The molecule has 2 rings (SSSR count). The van der Waals surface area contributed by atoms with E-state index in [-0.39, 0.29) is 11.2 Å². The van der Waals surface area contributed by atoms with Crippen LogP contribution in [0.1, 0.15) is 32.8 Å². The first kappa shape index (κ1) is 15.2. The fourth-order valence-corrected chi connectivity index (χ4v) is 2.44. The second-order valence-electron chi connectivity index (χ2n) is 6.15. The number of nitrogens with zero attached hydrogens (tertiary/aromatic N) is 2. The van der Waals surface area contributed by atoms with Crippen molar-refractivity contribution < 1.29 is 9.66 Å². The maximum atomic E-state index is 10.8. The van der Waals surface area contributed by atoms with Crippen molar-refractivity contribution in [2.45, 2.75) is 38.1 Å². The SMILES string of the molecule is C=CCC(C)(C1=NC(C)(C)CO1)c1ccc([N+](=O)[O-])cc1. The second-order valence-corrected chi connectivity index (χ2v) is 6.15. The van der Waals surface area contributed by atoms with Gasteiger partial charge in [-0.1, -0.05) is 18.2 Å². The fourth-order valence-electron chi connectivity index (χ4n) is 2.44. The van der Waals surface area contributed by atoms with Crippen molar-refractivity contribution in [2.75, 3.05) is 6.61 Å². The molecule has 0 radical (unpaired) electrons. The summed E-state index contributed by atoms with van der Waals surface area (Å²) in [6.07, 6.45) is 2.47. The number of nitro benzene ring substituents is 1. The van der Waals surface area contributed by atoms with Gasteiger partial charge >= 0.3 is 0 Å². The van der Waals surface area contributed by atoms with Crippen molar-refractivity contribution in [1.29, 1.82) is 0 Å². The average molecular weight is 288 g/mol. The minimum absolute atomic E-state index is 0.0781. The number of hydrogen-bond acceptors (Lipinski definition) is 4. The van der Waals surface area contributed by atoms with Crippen LogP contribution in [0, 0.1) is 10.1 Å². The van der Waals surface area contributed by atoms with E-state index in [9.17, 15) is 10.1 Å². The summed E-state index contributed by atoms with van der Waals surface area (Å²) in [6, 6.07) is 6.55. The van der Waals surface area contributed by atoms with E-state index in [0.29, 0.717) is 18.9 Å². The third-order valence-electron chi connectivity index (χ3n) is 3.71. The van der Waals surface area contributed by atoms with Crippen LogP contribution in [0.4, 0.5) is 5.69 Å². The molecule has 1 heterocycles. The molecule has 112 valence electrons. The van der Waals surface area contributed by atoms with Gasteiger partial charge in [0.15, 0.2) is 5.90 Å². The molecule has 5 nitrogen and oxygen atoms in total. The number of rotatable bonds is 5. The van der Waals surface area contributed by atoms with Gasteiger partial charge in [0.2, 0.25) is 0 Å². The first-order valence-electron chi connectivity index (χ1n) is 6.87. The molecule has 5 heteroatoms. The van der Waals surface area contributed by atoms with Crippen molar-refractivity contribution in [3.63, 3.8) is 0 Å². The largest absolute Gasteiger partial charge is 0.478 e. The van der Waals surface area contributed by atoms with E-state index in [1.165, 1.54) is 12.1 Å². The molecule has 0 spiro atoms. The van der Waals surface area contributed by atoms with Gasteiger partial charge in [0.05, 0.1) is 15.9 Å². The van der Waals surface area contributed by atoms with Crippen molar-refractivity contribution in [2.24, 2.45) is 4.99 Å². The number of allylic oxidation sites excluding steroid dienone is 1. The highest BCUT2D eigenvalue weighted by Gasteiger charge is 2.39. The smallest absolute Gasteiger partial charge is 0.269 e. The van der Waals surface area contributed by atoms with E-state index >= 15 is 0 Å². The maximum Gasteiger partial charge on any atom is 0.269 e. The number of nitro groups is 1. The van der Waals surface area contributed by atoms with Crippen LogP contribution in [0.15, 0.2) is 41.9 Å². The molecular weight excluding hydrogens is 268 g/mol. The number of non-ortho nitro benzene ring substituents is 1. The van der Waals surface area contributed by atoms with Gasteiger partial charge in [-0.15, -0.1) is 6.58 Å². The Morgan fingerprint density at radius 2 is 2.10 bits per heavy atom. The van der Waals surface area contributed by atoms with Crippen molar-refractivity contribution in [1.82, 2.24) is 0 Å². The lowest BCUT2D eigenvalue weighted by Gasteiger charge is -2.28. The molecule has 1 atom stereocenters. The van der Waals surface area contributed by atoms with Gasteiger partial charge in [-0.25, -0.2) is 4.99 Å². The van der Waals surface area contributed by atoms with Gasteiger partial charge in [0.25, 0.3) is 5.69 Å². The second kappa shape index (κ2) is 5.31. The summed E-state index contributed by atoms with van der Waals surface area (Å²) < 4.78 is 5.79. The minimum Gasteiger partial charge on any atom is -0.478 e. The van der Waals surface area contributed by atoms with Gasteiger partial charge < -0.3 is 4.74 Å². The number of hydrogen-bond donors (Lipinski definition) is 0. The topological polar surface area (TPSA) is 64.7 Å². The summed E-state index contributed by atoms with van der Waals surface area (Å²) >= 11 is 0. The Morgan fingerprint density at radius 3 is 2.52 bits per heavy atom. The summed E-state index contributed by atoms with van der Waals surface area (Å²) in [4.78, 5) is 15.0. The summed E-state index contributed by atoms with van der Waals surface area (Å²) in [7, 11) is 0. The Bertz CT molecular complexity index is 590. The monoisotopic (exact) mass is 288 g/mol. The van der Waals surface area contributed by atoms with E-state index < -0.39 is 10.3 Å². The Morgan fingerprint density at radius 1 is 1.48 bits per heavy atom. The van der Waals surface area contributed by atoms with Crippen LogP contribution < -0.4 is 0 Å². The van der Waals surface area contributed by atoms with E-state index in [1.807, 2.05) is 26.8 Å².